The number of aromatic nitrogens is 1. The maximum Gasteiger partial charge on any atom is 0.217 e. The van der Waals surface area contributed by atoms with Crippen molar-refractivity contribution < 1.29 is 17.7 Å². The molecule has 0 aromatic carbocycles. The molecule has 0 spiro atoms. The quantitative estimate of drug-likeness (QED) is 0.880. The number of nitrogens with one attached hydrogen (secondary N) is 1. The normalized spacial score (nSPS) is 18.2. The van der Waals surface area contributed by atoms with Gasteiger partial charge in [0.05, 0.1) is 0 Å². The molecule has 0 aliphatic heterocycles. The Labute approximate surface area is 106 Å². The number of Topliss-reactive ketones (excluding diaryl/α,β-unsaturated/α-hetero) is 1. The summed E-state index contributed by atoms with van der Waals surface area (Å²) in [4.78, 5) is 11.1. The largest absolute Gasteiger partial charge is 0.361 e. The van der Waals surface area contributed by atoms with E-state index in [0.29, 0.717) is 37.1 Å². The number of hydrogen-bond acceptors (Lipinski definition) is 5. The lowest BCUT2D eigenvalue weighted by molar-refractivity contribution is -0.120. The smallest absolute Gasteiger partial charge is 0.217 e. The highest BCUT2D eigenvalue weighted by Crippen LogP contribution is 2.16. The summed E-state index contributed by atoms with van der Waals surface area (Å²) in [6.45, 7) is 1.71. The molecule has 0 saturated heterocycles. The van der Waals surface area contributed by atoms with Gasteiger partial charge in [-0.15, -0.1) is 0 Å². The zero-order valence-corrected chi connectivity index (χ0v) is 11.0. The van der Waals surface area contributed by atoms with Crippen molar-refractivity contribution in [3.63, 3.8) is 0 Å². The van der Waals surface area contributed by atoms with Gasteiger partial charge in [-0.25, -0.2) is 13.1 Å². The van der Waals surface area contributed by atoms with E-state index in [1.807, 2.05) is 0 Å². The van der Waals surface area contributed by atoms with Crippen molar-refractivity contribution in [1.82, 2.24) is 9.88 Å². The Morgan fingerprint density at radius 2 is 2.11 bits per heavy atom. The Morgan fingerprint density at radius 1 is 1.44 bits per heavy atom. The van der Waals surface area contributed by atoms with E-state index in [-0.39, 0.29) is 17.6 Å². The van der Waals surface area contributed by atoms with Crippen LogP contribution in [0.5, 0.6) is 0 Å². The maximum atomic E-state index is 11.9. The molecule has 1 N–H and O–H groups in total. The predicted molar refractivity (Wildman–Crippen MR) is 64.3 cm³/mol. The summed E-state index contributed by atoms with van der Waals surface area (Å²) < 4.78 is 31.2. The summed E-state index contributed by atoms with van der Waals surface area (Å²) in [5.74, 6) is 0.607. The lowest BCUT2D eigenvalue weighted by atomic mass is 9.95. The molecule has 1 aromatic rings. The standard InChI is InChI=1S/C11H16N2O4S/c1-8-6-10(12-17-8)7-18(15,16)13-9-2-4-11(14)5-3-9/h6,9,13H,2-5,7H2,1H3. The van der Waals surface area contributed by atoms with Crippen LogP contribution < -0.4 is 4.72 Å². The molecule has 1 fully saturated rings. The average Bonchev–Trinajstić information content (AvgIpc) is 2.66. The van der Waals surface area contributed by atoms with E-state index in [1.54, 1.807) is 13.0 Å². The van der Waals surface area contributed by atoms with Crippen LogP contribution in [0.25, 0.3) is 0 Å². The van der Waals surface area contributed by atoms with E-state index in [9.17, 15) is 13.2 Å². The molecule has 1 aromatic heterocycles. The number of carbonyl (C=O) groups excluding carboxylic acids is 1. The van der Waals surface area contributed by atoms with E-state index >= 15 is 0 Å². The summed E-state index contributed by atoms with van der Waals surface area (Å²) >= 11 is 0. The lowest BCUT2D eigenvalue weighted by Gasteiger charge is -2.21. The van der Waals surface area contributed by atoms with Crippen molar-refractivity contribution in [1.29, 1.82) is 0 Å². The summed E-state index contributed by atoms with van der Waals surface area (Å²) in [6, 6.07) is 1.46. The molecule has 1 saturated carbocycles. The third-order valence-corrected chi connectivity index (χ3v) is 4.27. The molecular weight excluding hydrogens is 256 g/mol. The minimum absolute atomic E-state index is 0.138. The number of hydrogen-bond donors (Lipinski definition) is 1. The molecule has 18 heavy (non-hydrogen) atoms. The third-order valence-electron chi connectivity index (χ3n) is 2.90. The highest BCUT2D eigenvalue weighted by atomic mass is 32.2. The summed E-state index contributed by atoms with van der Waals surface area (Å²) in [7, 11) is -3.42. The van der Waals surface area contributed by atoms with Gasteiger partial charge in [0.2, 0.25) is 10.0 Å². The fraction of sp³-hybridized carbons (Fsp3) is 0.636. The van der Waals surface area contributed by atoms with Crippen LogP contribution in [0.1, 0.15) is 37.1 Å². The van der Waals surface area contributed by atoms with Gasteiger partial charge in [-0.1, -0.05) is 5.16 Å². The molecule has 100 valence electrons. The molecule has 1 aliphatic rings. The molecule has 6 nitrogen and oxygen atoms in total. The molecule has 0 radical (unpaired) electrons. The topological polar surface area (TPSA) is 89.3 Å². The second-order valence-electron chi connectivity index (χ2n) is 4.62. The highest BCUT2D eigenvalue weighted by molar-refractivity contribution is 7.88. The van der Waals surface area contributed by atoms with Crippen molar-refractivity contribution >= 4 is 15.8 Å². The minimum Gasteiger partial charge on any atom is -0.361 e. The van der Waals surface area contributed by atoms with Crippen molar-refractivity contribution in [2.24, 2.45) is 0 Å². The van der Waals surface area contributed by atoms with Crippen LogP contribution in [0.4, 0.5) is 0 Å². The first-order chi connectivity index (χ1) is 8.44. The number of sulfonamides is 1. The number of rotatable bonds is 4. The molecular formula is C11H16N2O4S. The van der Waals surface area contributed by atoms with Gasteiger partial charge < -0.3 is 4.52 Å². The van der Waals surface area contributed by atoms with Crippen molar-refractivity contribution in [2.75, 3.05) is 0 Å². The monoisotopic (exact) mass is 272 g/mol. The first kappa shape index (κ1) is 13.2. The number of nitrogens with zero attached hydrogens (tertiary/aromatic N) is 1. The molecule has 0 unspecified atom stereocenters. The van der Waals surface area contributed by atoms with E-state index < -0.39 is 10.0 Å². The van der Waals surface area contributed by atoms with Gasteiger partial charge >= 0.3 is 0 Å². The van der Waals surface area contributed by atoms with Crippen molar-refractivity contribution in [3.8, 4) is 0 Å². The van der Waals surface area contributed by atoms with Crippen LogP contribution in [0, 0.1) is 6.92 Å². The second-order valence-corrected chi connectivity index (χ2v) is 6.37. The Hall–Kier alpha value is -1.21. The van der Waals surface area contributed by atoms with Crippen LogP contribution in [0.3, 0.4) is 0 Å². The first-order valence-corrected chi connectivity index (χ1v) is 7.54. The van der Waals surface area contributed by atoms with Crippen LogP contribution in [-0.2, 0) is 20.6 Å². The zero-order chi connectivity index (χ0) is 13.2. The van der Waals surface area contributed by atoms with Gasteiger partial charge in [0, 0.05) is 24.9 Å². The van der Waals surface area contributed by atoms with E-state index in [0.717, 1.165) is 0 Å². The average molecular weight is 272 g/mol. The van der Waals surface area contributed by atoms with Gasteiger partial charge in [0.25, 0.3) is 0 Å². The summed E-state index contributed by atoms with van der Waals surface area (Å²) in [5, 5.41) is 3.66. The Morgan fingerprint density at radius 3 is 2.67 bits per heavy atom. The lowest BCUT2D eigenvalue weighted by Crippen LogP contribution is -2.38. The van der Waals surface area contributed by atoms with Crippen LogP contribution in [-0.4, -0.2) is 25.4 Å². The zero-order valence-electron chi connectivity index (χ0n) is 10.2. The second kappa shape index (κ2) is 5.19. The fourth-order valence-corrected chi connectivity index (χ4v) is 3.39. The first-order valence-electron chi connectivity index (χ1n) is 5.88. The van der Waals surface area contributed by atoms with Gasteiger partial charge in [-0.3, -0.25) is 4.79 Å². The van der Waals surface area contributed by atoms with Crippen LogP contribution >= 0.6 is 0 Å². The molecule has 7 heteroatoms. The van der Waals surface area contributed by atoms with E-state index in [2.05, 4.69) is 9.88 Å². The SMILES string of the molecule is Cc1cc(CS(=O)(=O)NC2CCC(=O)CC2)no1. The minimum atomic E-state index is -3.42. The summed E-state index contributed by atoms with van der Waals surface area (Å²) in [5.41, 5.74) is 0.395. The number of carbonyl (C=O) groups is 1. The van der Waals surface area contributed by atoms with E-state index in [4.69, 9.17) is 4.52 Å². The van der Waals surface area contributed by atoms with Gasteiger partial charge in [-0.05, 0) is 19.8 Å². The van der Waals surface area contributed by atoms with Crippen LogP contribution in [0.15, 0.2) is 10.6 Å². The number of ketones is 1. The Kier molecular flexibility index (Phi) is 3.82. The van der Waals surface area contributed by atoms with Gasteiger partial charge in [-0.2, -0.15) is 0 Å². The van der Waals surface area contributed by atoms with Crippen LogP contribution in [0.2, 0.25) is 0 Å². The molecule has 1 heterocycles. The molecule has 0 amide bonds. The number of aryl methyl sites for hydroxylation is 1. The van der Waals surface area contributed by atoms with Gasteiger partial charge in [0.1, 0.15) is 23.0 Å². The Bertz CT molecular complexity index is 525. The molecule has 0 atom stereocenters. The highest BCUT2D eigenvalue weighted by Gasteiger charge is 2.24. The third kappa shape index (κ3) is 3.64. The maximum absolute atomic E-state index is 11.9. The van der Waals surface area contributed by atoms with Crippen molar-refractivity contribution in [3.05, 3.63) is 17.5 Å². The van der Waals surface area contributed by atoms with Gasteiger partial charge in [0.15, 0.2) is 0 Å². The van der Waals surface area contributed by atoms with E-state index in [1.165, 1.54) is 0 Å². The Balaban J connectivity index is 1.93. The molecule has 1 aliphatic carbocycles. The predicted octanol–water partition coefficient (Wildman–Crippen LogP) is 0.914. The fourth-order valence-electron chi connectivity index (χ4n) is 2.03. The molecule has 2 rings (SSSR count). The van der Waals surface area contributed by atoms with Crippen molar-refractivity contribution in [2.45, 2.75) is 44.4 Å². The summed E-state index contributed by atoms with van der Waals surface area (Å²) in [6.07, 6.45) is 2.07. The molecule has 0 bridgehead atoms.